The smallest absolute Gasteiger partial charge is 0.0514 e. The van der Waals surface area contributed by atoms with Crippen LogP contribution in [0.2, 0.25) is 15.1 Å². The first-order chi connectivity index (χ1) is 10.0. The van der Waals surface area contributed by atoms with Crippen LogP contribution in [0.15, 0.2) is 36.4 Å². The summed E-state index contributed by atoms with van der Waals surface area (Å²) in [6.45, 7) is 5.27. The summed E-state index contributed by atoms with van der Waals surface area (Å²) in [7, 11) is 0. The van der Waals surface area contributed by atoms with Crippen LogP contribution in [0.25, 0.3) is 11.1 Å². The maximum atomic E-state index is 6.36. The Balaban J connectivity index is 2.50. The molecule has 0 aliphatic carbocycles. The minimum absolute atomic E-state index is 0.226. The Morgan fingerprint density at radius 3 is 2.29 bits per heavy atom. The molecule has 2 rings (SSSR count). The minimum atomic E-state index is 0.226. The predicted molar refractivity (Wildman–Crippen MR) is 93.6 cm³/mol. The van der Waals surface area contributed by atoms with Gasteiger partial charge in [-0.15, -0.1) is 0 Å². The summed E-state index contributed by atoms with van der Waals surface area (Å²) in [5.41, 5.74) is 3.06. The summed E-state index contributed by atoms with van der Waals surface area (Å²) in [4.78, 5) is 0. The van der Waals surface area contributed by atoms with Gasteiger partial charge in [-0.2, -0.15) is 0 Å². The molecule has 0 radical (unpaired) electrons. The van der Waals surface area contributed by atoms with Crippen molar-refractivity contribution in [2.45, 2.75) is 26.3 Å². The number of rotatable bonds is 5. The molecule has 0 saturated heterocycles. The summed E-state index contributed by atoms with van der Waals surface area (Å²) >= 11 is 18.7. The lowest BCUT2D eigenvalue weighted by atomic mass is 9.95. The average molecular weight is 343 g/mol. The number of hydrogen-bond donors (Lipinski definition) is 1. The third-order valence-corrected chi connectivity index (χ3v) is 4.22. The first-order valence-electron chi connectivity index (χ1n) is 7.01. The summed E-state index contributed by atoms with van der Waals surface area (Å²) in [6, 6.07) is 11.8. The van der Waals surface area contributed by atoms with Crippen LogP contribution >= 0.6 is 34.8 Å². The van der Waals surface area contributed by atoms with Gasteiger partial charge in [0.2, 0.25) is 0 Å². The maximum Gasteiger partial charge on any atom is 0.0514 e. The molecule has 2 aromatic carbocycles. The first-order valence-corrected chi connectivity index (χ1v) is 8.15. The molecule has 0 bridgehead atoms. The van der Waals surface area contributed by atoms with Crippen molar-refractivity contribution in [2.24, 2.45) is 0 Å². The zero-order valence-electron chi connectivity index (χ0n) is 12.1. The minimum Gasteiger partial charge on any atom is -0.310 e. The second-order valence-electron chi connectivity index (χ2n) is 5.01. The Morgan fingerprint density at radius 2 is 1.67 bits per heavy atom. The monoisotopic (exact) mass is 341 g/mol. The zero-order chi connectivity index (χ0) is 15.4. The Kier molecular flexibility index (Phi) is 5.95. The van der Waals surface area contributed by atoms with E-state index < -0.39 is 0 Å². The van der Waals surface area contributed by atoms with Crippen molar-refractivity contribution < 1.29 is 0 Å². The van der Waals surface area contributed by atoms with Crippen molar-refractivity contribution in [3.8, 4) is 11.1 Å². The number of hydrogen-bond acceptors (Lipinski definition) is 1. The molecule has 0 spiro atoms. The van der Waals surface area contributed by atoms with Gasteiger partial charge in [0.05, 0.1) is 10.0 Å². The third kappa shape index (κ3) is 3.92. The molecule has 0 amide bonds. The fraction of sp³-hybridized carbons (Fsp3) is 0.294. The standard InChI is InChI=1S/C17H18Cl3N/c1-3-8-21-11(2)13-6-4-5-7-14(13)17-15(19)9-12(18)10-16(17)20/h4-7,9-11,21H,3,8H2,1-2H3. The molecule has 0 saturated carbocycles. The van der Waals surface area contributed by atoms with E-state index in [4.69, 9.17) is 34.8 Å². The Morgan fingerprint density at radius 1 is 1.05 bits per heavy atom. The van der Waals surface area contributed by atoms with Crippen LogP contribution in [0.1, 0.15) is 31.9 Å². The molecular weight excluding hydrogens is 325 g/mol. The van der Waals surface area contributed by atoms with Gasteiger partial charge in [-0.25, -0.2) is 0 Å². The molecule has 1 N–H and O–H groups in total. The SMILES string of the molecule is CCCNC(C)c1ccccc1-c1c(Cl)cc(Cl)cc1Cl. The van der Waals surface area contributed by atoms with Crippen LogP contribution in [0.5, 0.6) is 0 Å². The van der Waals surface area contributed by atoms with Gasteiger partial charge < -0.3 is 5.32 Å². The molecule has 0 heterocycles. The molecule has 0 fully saturated rings. The van der Waals surface area contributed by atoms with E-state index in [2.05, 4.69) is 25.2 Å². The lowest BCUT2D eigenvalue weighted by Gasteiger charge is -2.19. The molecule has 2 aromatic rings. The highest BCUT2D eigenvalue weighted by atomic mass is 35.5. The molecule has 1 unspecified atom stereocenters. The molecule has 0 aliphatic rings. The van der Waals surface area contributed by atoms with Gasteiger partial charge in [-0.05, 0) is 43.1 Å². The molecule has 4 heteroatoms. The van der Waals surface area contributed by atoms with Crippen molar-refractivity contribution >= 4 is 34.8 Å². The van der Waals surface area contributed by atoms with E-state index in [0.717, 1.165) is 24.1 Å². The molecule has 1 atom stereocenters. The predicted octanol–water partition coefficient (Wildman–Crippen LogP) is 6.37. The number of benzene rings is 2. The van der Waals surface area contributed by atoms with Crippen molar-refractivity contribution in [1.82, 2.24) is 5.32 Å². The highest BCUT2D eigenvalue weighted by Crippen LogP contribution is 2.40. The van der Waals surface area contributed by atoms with Crippen molar-refractivity contribution in [2.75, 3.05) is 6.54 Å². The Labute approximate surface area is 141 Å². The van der Waals surface area contributed by atoms with Crippen LogP contribution in [0.4, 0.5) is 0 Å². The molecular formula is C17H18Cl3N. The number of nitrogens with one attached hydrogen (secondary N) is 1. The van der Waals surface area contributed by atoms with Gasteiger partial charge in [0, 0.05) is 16.6 Å². The van der Waals surface area contributed by atoms with Gasteiger partial charge in [0.15, 0.2) is 0 Å². The van der Waals surface area contributed by atoms with Gasteiger partial charge >= 0.3 is 0 Å². The topological polar surface area (TPSA) is 12.0 Å². The quantitative estimate of drug-likeness (QED) is 0.665. The molecule has 112 valence electrons. The Bertz CT molecular complexity index is 602. The van der Waals surface area contributed by atoms with E-state index in [1.54, 1.807) is 12.1 Å². The average Bonchev–Trinajstić information content (AvgIpc) is 2.44. The second kappa shape index (κ2) is 7.51. The normalized spacial score (nSPS) is 12.4. The fourth-order valence-electron chi connectivity index (χ4n) is 2.37. The molecule has 0 aromatic heterocycles. The largest absolute Gasteiger partial charge is 0.310 e. The van der Waals surface area contributed by atoms with Gasteiger partial charge in [-0.3, -0.25) is 0 Å². The Hall–Kier alpha value is -0.730. The van der Waals surface area contributed by atoms with Crippen LogP contribution in [-0.4, -0.2) is 6.54 Å². The summed E-state index contributed by atoms with van der Waals surface area (Å²) in [5.74, 6) is 0. The fourth-order valence-corrected chi connectivity index (χ4v) is 3.39. The van der Waals surface area contributed by atoms with Gasteiger partial charge in [0.25, 0.3) is 0 Å². The van der Waals surface area contributed by atoms with E-state index in [1.807, 2.05) is 18.2 Å². The van der Waals surface area contributed by atoms with Crippen molar-refractivity contribution in [3.05, 3.63) is 57.0 Å². The second-order valence-corrected chi connectivity index (χ2v) is 6.26. The van der Waals surface area contributed by atoms with E-state index >= 15 is 0 Å². The van der Waals surface area contributed by atoms with Gasteiger partial charge in [-0.1, -0.05) is 66.0 Å². The highest BCUT2D eigenvalue weighted by molar-refractivity contribution is 6.41. The van der Waals surface area contributed by atoms with Crippen LogP contribution < -0.4 is 5.32 Å². The molecule has 21 heavy (non-hydrogen) atoms. The van der Waals surface area contributed by atoms with Crippen LogP contribution in [0, 0.1) is 0 Å². The summed E-state index contributed by atoms with van der Waals surface area (Å²) in [6.07, 6.45) is 1.09. The van der Waals surface area contributed by atoms with Crippen molar-refractivity contribution in [1.29, 1.82) is 0 Å². The zero-order valence-corrected chi connectivity index (χ0v) is 14.4. The van der Waals surface area contributed by atoms with E-state index in [0.29, 0.717) is 15.1 Å². The molecule has 0 aliphatic heterocycles. The molecule has 1 nitrogen and oxygen atoms in total. The number of halogens is 3. The van der Waals surface area contributed by atoms with E-state index in [-0.39, 0.29) is 6.04 Å². The van der Waals surface area contributed by atoms with Crippen molar-refractivity contribution in [3.63, 3.8) is 0 Å². The maximum absolute atomic E-state index is 6.36. The summed E-state index contributed by atoms with van der Waals surface area (Å²) in [5, 5.41) is 5.19. The van der Waals surface area contributed by atoms with Crippen LogP contribution in [-0.2, 0) is 0 Å². The third-order valence-electron chi connectivity index (χ3n) is 3.40. The van der Waals surface area contributed by atoms with E-state index in [1.165, 1.54) is 5.56 Å². The lowest BCUT2D eigenvalue weighted by Crippen LogP contribution is -2.19. The highest BCUT2D eigenvalue weighted by Gasteiger charge is 2.16. The van der Waals surface area contributed by atoms with E-state index in [9.17, 15) is 0 Å². The summed E-state index contributed by atoms with van der Waals surface area (Å²) < 4.78 is 0. The first kappa shape index (κ1) is 16.6. The van der Waals surface area contributed by atoms with Crippen LogP contribution in [0.3, 0.4) is 0 Å². The lowest BCUT2D eigenvalue weighted by molar-refractivity contribution is 0.572. The van der Waals surface area contributed by atoms with Gasteiger partial charge in [0.1, 0.15) is 0 Å².